The maximum absolute atomic E-state index is 12.6. The minimum atomic E-state index is -0.402. The monoisotopic (exact) mass is 239 g/mol. The van der Waals surface area contributed by atoms with Crippen LogP contribution in [-0.4, -0.2) is 25.7 Å². The third kappa shape index (κ3) is 5.45. The van der Waals surface area contributed by atoms with Crippen molar-refractivity contribution in [3.05, 3.63) is 35.6 Å². The van der Waals surface area contributed by atoms with Crippen LogP contribution in [-0.2, 0) is 4.74 Å². The second-order valence-corrected chi connectivity index (χ2v) is 3.75. The van der Waals surface area contributed by atoms with Crippen molar-refractivity contribution in [1.82, 2.24) is 5.32 Å². The summed E-state index contributed by atoms with van der Waals surface area (Å²) in [5, 5.41) is 3.22. The quantitative estimate of drug-likeness (QED) is 0.586. The summed E-state index contributed by atoms with van der Waals surface area (Å²) in [5.41, 5.74) is 0.382. The topological polar surface area (TPSA) is 38.3 Å². The molecule has 4 heteroatoms. The van der Waals surface area contributed by atoms with Gasteiger partial charge in [0.25, 0.3) is 0 Å². The van der Waals surface area contributed by atoms with Gasteiger partial charge in [0.05, 0.1) is 12.2 Å². The maximum Gasteiger partial charge on any atom is 0.338 e. The van der Waals surface area contributed by atoms with Crippen LogP contribution in [0.2, 0.25) is 0 Å². The van der Waals surface area contributed by atoms with Gasteiger partial charge in [0, 0.05) is 0 Å². The first-order chi connectivity index (χ1) is 8.24. The molecule has 0 bridgehead atoms. The normalized spacial score (nSPS) is 10.2. The van der Waals surface area contributed by atoms with E-state index < -0.39 is 5.97 Å². The van der Waals surface area contributed by atoms with Crippen LogP contribution in [0.3, 0.4) is 0 Å². The number of benzene rings is 1. The molecule has 0 saturated carbocycles. The number of carbonyl (C=O) groups excluding carboxylic acids is 1. The molecule has 0 spiro atoms. The van der Waals surface area contributed by atoms with E-state index in [0.717, 1.165) is 25.9 Å². The fraction of sp³-hybridized carbons (Fsp3) is 0.462. The zero-order valence-corrected chi connectivity index (χ0v) is 10.0. The molecule has 0 heterocycles. The molecule has 0 radical (unpaired) electrons. The number of ether oxygens (including phenoxy) is 1. The van der Waals surface area contributed by atoms with Crippen LogP contribution in [0, 0.1) is 5.82 Å². The molecule has 0 atom stereocenters. The highest BCUT2D eigenvalue weighted by Gasteiger charge is 2.06. The number of carbonyl (C=O) groups is 1. The lowest BCUT2D eigenvalue weighted by atomic mass is 10.2. The zero-order valence-electron chi connectivity index (χ0n) is 10.0. The first-order valence-electron chi connectivity index (χ1n) is 5.87. The van der Waals surface area contributed by atoms with E-state index in [1.54, 1.807) is 0 Å². The van der Waals surface area contributed by atoms with Gasteiger partial charge in [-0.25, -0.2) is 9.18 Å². The van der Waals surface area contributed by atoms with Gasteiger partial charge in [0.2, 0.25) is 0 Å². The van der Waals surface area contributed by atoms with Gasteiger partial charge in [-0.3, -0.25) is 0 Å². The Morgan fingerprint density at radius 1 is 1.29 bits per heavy atom. The molecular weight excluding hydrogens is 221 g/mol. The fourth-order valence-electron chi connectivity index (χ4n) is 1.33. The molecule has 0 unspecified atom stereocenters. The molecule has 3 nitrogen and oxygen atoms in total. The van der Waals surface area contributed by atoms with Gasteiger partial charge >= 0.3 is 5.97 Å². The summed E-state index contributed by atoms with van der Waals surface area (Å²) in [5.74, 6) is -0.759. The smallest absolute Gasteiger partial charge is 0.338 e. The van der Waals surface area contributed by atoms with Gasteiger partial charge in [0.1, 0.15) is 5.82 Å². The second kappa shape index (κ2) is 7.79. The summed E-state index contributed by atoms with van der Waals surface area (Å²) in [7, 11) is 0. The molecule has 1 rings (SSSR count). The second-order valence-electron chi connectivity index (χ2n) is 3.75. The average molecular weight is 239 g/mol. The summed E-state index contributed by atoms with van der Waals surface area (Å²) < 4.78 is 17.7. The first-order valence-corrected chi connectivity index (χ1v) is 5.87. The van der Waals surface area contributed by atoms with E-state index in [4.69, 9.17) is 4.74 Å². The fourth-order valence-corrected chi connectivity index (χ4v) is 1.33. The minimum absolute atomic E-state index is 0.356. The highest BCUT2D eigenvalue weighted by molar-refractivity contribution is 5.89. The van der Waals surface area contributed by atoms with Crippen molar-refractivity contribution in [1.29, 1.82) is 0 Å². The van der Waals surface area contributed by atoms with Gasteiger partial charge in [-0.05, 0) is 50.2 Å². The van der Waals surface area contributed by atoms with Crippen LogP contribution in [0.4, 0.5) is 4.39 Å². The Hall–Kier alpha value is -1.42. The number of nitrogens with one attached hydrogen (secondary N) is 1. The van der Waals surface area contributed by atoms with E-state index >= 15 is 0 Å². The maximum atomic E-state index is 12.6. The number of rotatable bonds is 7. The summed E-state index contributed by atoms with van der Waals surface area (Å²) >= 11 is 0. The third-order valence-corrected chi connectivity index (χ3v) is 2.24. The Kier molecular flexibility index (Phi) is 6.25. The Balaban J connectivity index is 2.19. The Morgan fingerprint density at radius 3 is 2.65 bits per heavy atom. The molecule has 0 aliphatic heterocycles. The van der Waals surface area contributed by atoms with Gasteiger partial charge in [-0.15, -0.1) is 0 Å². The van der Waals surface area contributed by atoms with E-state index in [-0.39, 0.29) is 5.82 Å². The predicted octanol–water partition coefficient (Wildman–Crippen LogP) is 2.37. The Morgan fingerprint density at radius 2 is 2.00 bits per heavy atom. The lowest BCUT2D eigenvalue weighted by Crippen LogP contribution is -2.18. The number of hydrogen-bond donors (Lipinski definition) is 1. The van der Waals surface area contributed by atoms with E-state index in [0.29, 0.717) is 12.2 Å². The number of halogens is 1. The predicted molar refractivity (Wildman–Crippen MR) is 64.5 cm³/mol. The third-order valence-electron chi connectivity index (χ3n) is 2.24. The number of hydrogen-bond acceptors (Lipinski definition) is 3. The summed E-state index contributed by atoms with van der Waals surface area (Å²) in [4.78, 5) is 11.5. The van der Waals surface area contributed by atoms with E-state index in [1.807, 2.05) is 0 Å². The van der Waals surface area contributed by atoms with E-state index in [9.17, 15) is 9.18 Å². The van der Waals surface area contributed by atoms with Gasteiger partial charge < -0.3 is 10.1 Å². The molecule has 94 valence electrons. The van der Waals surface area contributed by atoms with Gasteiger partial charge in [-0.2, -0.15) is 0 Å². The Bertz CT molecular complexity index is 338. The van der Waals surface area contributed by atoms with E-state index in [1.165, 1.54) is 24.3 Å². The van der Waals surface area contributed by atoms with Crippen molar-refractivity contribution in [2.75, 3.05) is 19.7 Å². The SMILES string of the molecule is CCCNCCCOC(=O)c1ccc(F)cc1. The van der Waals surface area contributed by atoms with Crippen LogP contribution in [0.5, 0.6) is 0 Å². The molecular formula is C13H18FNO2. The molecule has 0 saturated heterocycles. The molecule has 1 aromatic carbocycles. The van der Waals surface area contributed by atoms with Crippen molar-refractivity contribution < 1.29 is 13.9 Å². The lowest BCUT2D eigenvalue weighted by Gasteiger charge is -2.05. The first kappa shape index (κ1) is 13.6. The van der Waals surface area contributed by atoms with Crippen LogP contribution in [0.25, 0.3) is 0 Å². The van der Waals surface area contributed by atoms with Crippen molar-refractivity contribution in [2.24, 2.45) is 0 Å². The molecule has 0 aliphatic rings. The summed E-state index contributed by atoms with van der Waals surface area (Å²) in [6.07, 6.45) is 1.88. The number of esters is 1. The molecule has 0 fully saturated rings. The molecule has 17 heavy (non-hydrogen) atoms. The van der Waals surface area contributed by atoms with E-state index in [2.05, 4.69) is 12.2 Å². The summed E-state index contributed by atoms with van der Waals surface area (Å²) in [6, 6.07) is 5.35. The highest BCUT2D eigenvalue weighted by Crippen LogP contribution is 2.04. The van der Waals surface area contributed by atoms with Gasteiger partial charge in [-0.1, -0.05) is 6.92 Å². The van der Waals surface area contributed by atoms with Crippen molar-refractivity contribution in [3.8, 4) is 0 Å². The summed E-state index contributed by atoms with van der Waals surface area (Å²) in [6.45, 7) is 4.30. The molecule has 0 aromatic heterocycles. The van der Waals surface area contributed by atoms with Crippen LogP contribution >= 0.6 is 0 Å². The molecule has 0 amide bonds. The van der Waals surface area contributed by atoms with Crippen LogP contribution in [0.1, 0.15) is 30.1 Å². The Labute approximate surface area is 101 Å². The van der Waals surface area contributed by atoms with Crippen LogP contribution in [0.15, 0.2) is 24.3 Å². The largest absolute Gasteiger partial charge is 0.462 e. The minimum Gasteiger partial charge on any atom is -0.462 e. The van der Waals surface area contributed by atoms with Gasteiger partial charge in [0.15, 0.2) is 0 Å². The zero-order chi connectivity index (χ0) is 12.5. The standard InChI is InChI=1S/C13H18FNO2/c1-2-8-15-9-3-10-17-13(16)11-4-6-12(14)7-5-11/h4-7,15H,2-3,8-10H2,1H3. The molecule has 1 aromatic rings. The van der Waals surface area contributed by atoms with Crippen molar-refractivity contribution >= 4 is 5.97 Å². The highest BCUT2D eigenvalue weighted by atomic mass is 19.1. The average Bonchev–Trinajstić information content (AvgIpc) is 2.34. The molecule has 1 N–H and O–H groups in total. The molecule has 0 aliphatic carbocycles. The lowest BCUT2D eigenvalue weighted by molar-refractivity contribution is 0.0500. The van der Waals surface area contributed by atoms with Crippen molar-refractivity contribution in [3.63, 3.8) is 0 Å². The van der Waals surface area contributed by atoms with Crippen molar-refractivity contribution in [2.45, 2.75) is 19.8 Å². The van der Waals surface area contributed by atoms with Crippen LogP contribution < -0.4 is 5.32 Å².